The highest BCUT2D eigenvalue weighted by Crippen LogP contribution is 2.34. The van der Waals surface area contributed by atoms with Crippen molar-refractivity contribution < 1.29 is 4.79 Å². The van der Waals surface area contributed by atoms with Crippen molar-refractivity contribution in [3.05, 3.63) is 51.7 Å². The van der Waals surface area contributed by atoms with Crippen LogP contribution in [0.15, 0.2) is 29.3 Å². The van der Waals surface area contributed by atoms with Gasteiger partial charge in [-0.15, -0.1) is 11.3 Å². The summed E-state index contributed by atoms with van der Waals surface area (Å²) in [5, 5.41) is 4.96. The molecule has 0 aliphatic heterocycles. The van der Waals surface area contributed by atoms with E-state index in [1.807, 2.05) is 19.1 Å². The zero-order valence-electron chi connectivity index (χ0n) is 14.8. The van der Waals surface area contributed by atoms with Crippen LogP contribution >= 0.6 is 23.1 Å². The van der Waals surface area contributed by atoms with Crippen LogP contribution in [0.5, 0.6) is 0 Å². The predicted octanol–water partition coefficient (Wildman–Crippen LogP) is 4.33. The molecule has 1 N–H and O–H groups in total. The van der Waals surface area contributed by atoms with Gasteiger partial charge in [-0.2, -0.15) is 0 Å². The van der Waals surface area contributed by atoms with Gasteiger partial charge in [0.05, 0.1) is 5.75 Å². The highest BCUT2D eigenvalue weighted by atomic mass is 32.2. The number of hydrogen-bond donors (Lipinski definition) is 1. The summed E-state index contributed by atoms with van der Waals surface area (Å²) in [4.78, 5) is 23.5. The van der Waals surface area contributed by atoms with E-state index in [0.717, 1.165) is 26.6 Å². The monoisotopic (exact) mass is 371 g/mol. The number of rotatable bonds is 5. The number of nitrogens with zero attached hydrogens (tertiary/aromatic N) is 2. The summed E-state index contributed by atoms with van der Waals surface area (Å²) in [5.41, 5.74) is 3.53. The normalized spacial score (nSPS) is 11.0. The molecule has 0 aliphatic rings. The number of aromatic nitrogens is 2. The average Bonchev–Trinajstić information content (AvgIpc) is 2.86. The Morgan fingerprint density at radius 2 is 1.84 bits per heavy atom. The van der Waals surface area contributed by atoms with Crippen molar-refractivity contribution in [3.63, 3.8) is 0 Å². The second-order valence-electron chi connectivity index (χ2n) is 6.09. The summed E-state index contributed by atoms with van der Waals surface area (Å²) in [7, 11) is 0. The van der Waals surface area contributed by atoms with Crippen LogP contribution in [-0.2, 0) is 11.3 Å². The summed E-state index contributed by atoms with van der Waals surface area (Å²) >= 11 is 3.17. The number of nitrogens with one attached hydrogen (secondary N) is 1. The Kier molecular flexibility index (Phi) is 5.39. The van der Waals surface area contributed by atoms with Crippen LogP contribution in [-0.4, -0.2) is 21.6 Å². The second kappa shape index (κ2) is 7.54. The fourth-order valence-electron chi connectivity index (χ4n) is 2.51. The third kappa shape index (κ3) is 4.19. The lowest BCUT2D eigenvalue weighted by Crippen LogP contribution is -2.24. The molecule has 1 amide bonds. The van der Waals surface area contributed by atoms with Crippen LogP contribution < -0.4 is 5.32 Å². The van der Waals surface area contributed by atoms with Gasteiger partial charge in [-0.05, 0) is 38.8 Å². The minimum Gasteiger partial charge on any atom is -0.351 e. The molecular formula is C19H21N3OS2. The Morgan fingerprint density at radius 3 is 2.56 bits per heavy atom. The van der Waals surface area contributed by atoms with Crippen molar-refractivity contribution in [1.82, 2.24) is 15.3 Å². The van der Waals surface area contributed by atoms with Crippen LogP contribution in [0.4, 0.5) is 0 Å². The van der Waals surface area contributed by atoms with Crippen molar-refractivity contribution in [1.29, 1.82) is 0 Å². The number of aryl methyl sites for hydroxylation is 4. The first-order valence-corrected chi connectivity index (χ1v) is 9.93. The molecule has 0 atom stereocenters. The molecular weight excluding hydrogens is 350 g/mol. The van der Waals surface area contributed by atoms with E-state index in [0.29, 0.717) is 12.3 Å². The molecule has 1 aromatic carbocycles. The van der Waals surface area contributed by atoms with Gasteiger partial charge in [0.1, 0.15) is 15.7 Å². The maximum Gasteiger partial charge on any atom is 0.230 e. The number of thiophene rings is 1. The lowest BCUT2D eigenvalue weighted by Gasteiger charge is -2.07. The van der Waals surface area contributed by atoms with Crippen molar-refractivity contribution in [3.8, 4) is 0 Å². The molecule has 0 saturated heterocycles. The lowest BCUT2D eigenvalue weighted by atomic mass is 10.1. The van der Waals surface area contributed by atoms with E-state index in [-0.39, 0.29) is 5.91 Å². The van der Waals surface area contributed by atoms with Crippen LogP contribution in [0.1, 0.15) is 27.4 Å². The lowest BCUT2D eigenvalue weighted by molar-refractivity contribution is -0.118. The van der Waals surface area contributed by atoms with Gasteiger partial charge in [0.15, 0.2) is 0 Å². The van der Waals surface area contributed by atoms with Crippen molar-refractivity contribution >= 4 is 39.2 Å². The summed E-state index contributed by atoms with van der Waals surface area (Å²) in [6.07, 6.45) is 0. The third-order valence-electron chi connectivity index (χ3n) is 4.06. The standard InChI is InChI=1S/C19H21N3OS2/c1-11-5-7-15(8-6-11)9-20-16(23)10-24-18-17-12(2)13(3)25-19(17)22-14(4)21-18/h5-8H,9-10H2,1-4H3,(H,20,23). The molecule has 4 nitrogen and oxygen atoms in total. The van der Waals surface area contributed by atoms with E-state index in [1.165, 1.54) is 27.8 Å². The number of fused-ring (bicyclic) bond motifs is 1. The number of benzene rings is 1. The van der Waals surface area contributed by atoms with Crippen molar-refractivity contribution in [2.75, 3.05) is 5.75 Å². The van der Waals surface area contributed by atoms with Crippen molar-refractivity contribution in [2.45, 2.75) is 39.3 Å². The number of thioether (sulfide) groups is 1. The van der Waals surface area contributed by atoms with Gasteiger partial charge in [-0.25, -0.2) is 9.97 Å². The zero-order chi connectivity index (χ0) is 18.0. The van der Waals surface area contributed by atoms with Gasteiger partial charge in [0.25, 0.3) is 0 Å². The van der Waals surface area contributed by atoms with E-state index in [9.17, 15) is 4.79 Å². The Bertz CT molecular complexity index is 917. The first-order valence-electron chi connectivity index (χ1n) is 8.13. The number of hydrogen-bond acceptors (Lipinski definition) is 5. The maximum absolute atomic E-state index is 12.2. The van der Waals surface area contributed by atoms with Gasteiger partial charge in [-0.1, -0.05) is 41.6 Å². The summed E-state index contributed by atoms with van der Waals surface area (Å²) in [6, 6.07) is 8.19. The van der Waals surface area contributed by atoms with E-state index in [1.54, 1.807) is 11.3 Å². The Labute approximate surface area is 156 Å². The zero-order valence-corrected chi connectivity index (χ0v) is 16.5. The molecule has 0 radical (unpaired) electrons. The Balaban J connectivity index is 1.66. The molecule has 6 heteroatoms. The predicted molar refractivity (Wildman–Crippen MR) is 105 cm³/mol. The highest BCUT2D eigenvalue weighted by molar-refractivity contribution is 8.00. The summed E-state index contributed by atoms with van der Waals surface area (Å²) < 4.78 is 0. The first kappa shape index (κ1) is 17.9. The molecule has 2 heterocycles. The molecule has 0 unspecified atom stereocenters. The fraction of sp³-hybridized carbons (Fsp3) is 0.316. The first-order chi connectivity index (χ1) is 11.9. The third-order valence-corrected chi connectivity index (χ3v) is 6.13. The maximum atomic E-state index is 12.2. The van der Waals surface area contributed by atoms with Crippen LogP contribution in [0.25, 0.3) is 10.2 Å². The van der Waals surface area contributed by atoms with Crippen molar-refractivity contribution in [2.24, 2.45) is 0 Å². The van der Waals surface area contributed by atoms with Crippen LogP contribution in [0, 0.1) is 27.7 Å². The molecule has 2 aromatic heterocycles. The number of carbonyl (C=O) groups is 1. The molecule has 0 saturated carbocycles. The van der Waals surface area contributed by atoms with Gasteiger partial charge in [0.2, 0.25) is 5.91 Å². The minimum absolute atomic E-state index is 0.0135. The highest BCUT2D eigenvalue weighted by Gasteiger charge is 2.15. The Hall–Kier alpha value is -1.92. The summed E-state index contributed by atoms with van der Waals surface area (Å²) in [5.74, 6) is 1.11. The van der Waals surface area contributed by atoms with Crippen LogP contribution in [0.2, 0.25) is 0 Å². The second-order valence-corrected chi connectivity index (χ2v) is 8.26. The molecule has 0 aliphatic carbocycles. The minimum atomic E-state index is 0.0135. The molecule has 0 spiro atoms. The fourth-order valence-corrected chi connectivity index (χ4v) is 4.61. The van der Waals surface area contributed by atoms with Gasteiger partial charge in [-0.3, -0.25) is 4.79 Å². The van der Waals surface area contributed by atoms with Gasteiger partial charge < -0.3 is 5.32 Å². The largest absolute Gasteiger partial charge is 0.351 e. The van der Waals surface area contributed by atoms with E-state index in [2.05, 4.69) is 48.2 Å². The molecule has 3 rings (SSSR count). The average molecular weight is 372 g/mol. The van der Waals surface area contributed by atoms with Gasteiger partial charge in [0, 0.05) is 16.8 Å². The molecule has 130 valence electrons. The molecule has 3 aromatic rings. The van der Waals surface area contributed by atoms with Crippen LogP contribution in [0.3, 0.4) is 0 Å². The SMILES string of the molecule is Cc1ccc(CNC(=O)CSc2nc(C)nc3sc(C)c(C)c23)cc1. The molecule has 0 fully saturated rings. The van der Waals surface area contributed by atoms with E-state index < -0.39 is 0 Å². The quantitative estimate of drug-likeness (QED) is 0.536. The van der Waals surface area contributed by atoms with E-state index >= 15 is 0 Å². The number of carbonyl (C=O) groups excluding carboxylic acids is 1. The van der Waals surface area contributed by atoms with E-state index in [4.69, 9.17) is 0 Å². The topological polar surface area (TPSA) is 54.9 Å². The molecule has 25 heavy (non-hydrogen) atoms. The smallest absolute Gasteiger partial charge is 0.230 e. The molecule has 0 bridgehead atoms. The number of amides is 1. The van der Waals surface area contributed by atoms with Gasteiger partial charge >= 0.3 is 0 Å². The summed E-state index contributed by atoms with van der Waals surface area (Å²) in [6.45, 7) is 8.69. The Morgan fingerprint density at radius 1 is 1.12 bits per heavy atom.